The molecule has 0 radical (unpaired) electrons. The van der Waals surface area contributed by atoms with Gasteiger partial charge in [0.05, 0.1) is 6.61 Å². The Morgan fingerprint density at radius 2 is 2.21 bits per heavy atom. The Labute approximate surface area is 108 Å². The Hall–Kier alpha value is -1.70. The largest absolute Gasteiger partial charge is 0.394 e. The predicted molar refractivity (Wildman–Crippen MR) is 66.8 cm³/mol. The molecule has 1 aromatic rings. The van der Waals surface area contributed by atoms with Crippen molar-refractivity contribution in [2.75, 3.05) is 6.61 Å². The van der Waals surface area contributed by atoms with Crippen LogP contribution in [0.25, 0.3) is 0 Å². The molecule has 7 nitrogen and oxygen atoms in total. The normalized spacial score (nSPS) is 26.9. The summed E-state index contributed by atoms with van der Waals surface area (Å²) in [7, 11) is 0. The van der Waals surface area contributed by atoms with Gasteiger partial charge in [0.2, 0.25) is 0 Å². The number of nitrogens with zero attached hydrogens (tertiary/aromatic N) is 1. The smallest absolute Gasteiger partial charge is 0.330 e. The summed E-state index contributed by atoms with van der Waals surface area (Å²) in [6.45, 7) is 5.08. The Balaban J connectivity index is 2.46. The van der Waals surface area contributed by atoms with E-state index in [0.717, 1.165) is 0 Å². The summed E-state index contributed by atoms with van der Waals surface area (Å²) in [6, 6.07) is 0. The number of aromatic amines is 1. The van der Waals surface area contributed by atoms with Crippen molar-refractivity contribution in [2.24, 2.45) is 0 Å². The van der Waals surface area contributed by atoms with E-state index in [2.05, 4.69) is 11.6 Å². The number of H-pyrrole nitrogens is 1. The van der Waals surface area contributed by atoms with E-state index < -0.39 is 29.7 Å². The molecule has 0 amide bonds. The molecule has 1 aromatic heterocycles. The third kappa shape index (κ3) is 2.27. The molecule has 0 bridgehead atoms. The van der Waals surface area contributed by atoms with Gasteiger partial charge in [-0.2, -0.15) is 0 Å². The number of aryl methyl sites for hydroxylation is 1. The van der Waals surface area contributed by atoms with E-state index in [-0.39, 0.29) is 12.2 Å². The van der Waals surface area contributed by atoms with Crippen LogP contribution in [-0.4, -0.2) is 38.6 Å². The van der Waals surface area contributed by atoms with Crippen molar-refractivity contribution in [2.45, 2.75) is 31.8 Å². The highest BCUT2D eigenvalue weighted by Gasteiger charge is 2.38. The van der Waals surface area contributed by atoms with E-state index in [4.69, 9.17) is 9.84 Å². The van der Waals surface area contributed by atoms with Crippen molar-refractivity contribution < 1.29 is 14.9 Å². The molecule has 3 N–H and O–H groups in total. The van der Waals surface area contributed by atoms with Crippen LogP contribution in [0.15, 0.2) is 27.9 Å². The van der Waals surface area contributed by atoms with Crippen LogP contribution < -0.4 is 11.2 Å². The number of aromatic nitrogens is 2. The fourth-order valence-electron chi connectivity index (χ4n) is 2.05. The van der Waals surface area contributed by atoms with Crippen molar-refractivity contribution >= 4 is 0 Å². The standard InChI is InChI=1S/C12H16N2O5/c1-3-7-4-14(12(18)13-10(7)17)11-6(2)9(16)8(5-15)19-11/h4,8-9,11,15-16H,2-3,5H2,1H3,(H,13,17,18)/t8-,9?,11-/m0/s1. The Morgan fingerprint density at radius 3 is 2.74 bits per heavy atom. The molecule has 1 unspecified atom stereocenters. The average molecular weight is 268 g/mol. The van der Waals surface area contributed by atoms with Gasteiger partial charge in [-0.3, -0.25) is 14.3 Å². The molecule has 1 aliphatic rings. The third-order valence-corrected chi connectivity index (χ3v) is 3.21. The fraction of sp³-hybridized carbons (Fsp3) is 0.500. The van der Waals surface area contributed by atoms with Gasteiger partial charge in [-0.05, 0) is 6.42 Å². The minimum absolute atomic E-state index is 0.273. The number of rotatable bonds is 3. The second-order valence-corrected chi connectivity index (χ2v) is 4.40. The highest BCUT2D eigenvalue weighted by atomic mass is 16.5. The van der Waals surface area contributed by atoms with Gasteiger partial charge in [-0.15, -0.1) is 0 Å². The average Bonchev–Trinajstić information content (AvgIpc) is 2.67. The zero-order valence-electron chi connectivity index (χ0n) is 10.5. The first-order valence-corrected chi connectivity index (χ1v) is 5.97. The summed E-state index contributed by atoms with van der Waals surface area (Å²) < 4.78 is 6.55. The lowest BCUT2D eigenvalue weighted by Gasteiger charge is -2.15. The Morgan fingerprint density at radius 1 is 1.53 bits per heavy atom. The van der Waals surface area contributed by atoms with E-state index in [0.29, 0.717) is 12.0 Å². The molecule has 1 saturated heterocycles. The summed E-state index contributed by atoms with van der Waals surface area (Å²) in [4.78, 5) is 25.5. The predicted octanol–water partition coefficient (Wildman–Crippen LogP) is -1.09. The number of ether oxygens (including phenoxy) is 1. The van der Waals surface area contributed by atoms with Crippen molar-refractivity contribution in [1.29, 1.82) is 0 Å². The van der Waals surface area contributed by atoms with E-state index >= 15 is 0 Å². The molecule has 0 spiro atoms. The number of aliphatic hydroxyl groups excluding tert-OH is 2. The van der Waals surface area contributed by atoms with Crippen molar-refractivity contribution in [3.05, 3.63) is 44.8 Å². The lowest BCUT2D eigenvalue weighted by molar-refractivity contribution is -0.0448. The quantitative estimate of drug-likeness (QED) is 0.604. The summed E-state index contributed by atoms with van der Waals surface area (Å²) in [5.41, 5.74) is -0.376. The number of aliphatic hydroxyl groups is 2. The van der Waals surface area contributed by atoms with Crippen molar-refractivity contribution in [3.63, 3.8) is 0 Å². The fourth-order valence-corrected chi connectivity index (χ4v) is 2.05. The molecule has 0 aliphatic carbocycles. The molecule has 1 aliphatic heterocycles. The van der Waals surface area contributed by atoms with Crippen LogP contribution in [0, 0.1) is 0 Å². The van der Waals surface area contributed by atoms with E-state index in [1.165, 1.54) is 10.8 Å². The van der Waals surface area contributed by atoms with Crippen LogP contribution >= 0.6 is 0 Å². The zero-order chi connectivity index (χ0) is 14.2. The molecule has 7 heteroatoms. The van der Waals surface area contributed by atoms with Gasteiger partial charge >= 0.3 is 5.69 Å². The first-order chi connectivity index (χ1) is 8.99. The summed E-state index contributed by atoms with van der Waals surface area (Å²) in [6.07, 6.45) is -0.897. The van der Waals surface area contributed by atoms with E-state index in [9.17, 15) is 14.7 Å². The van der Waals surface area contributed by atoms with Gasteiger partial charge in [-0.1, -0.05) is 13.5 Å². The van der Waals surface area contributed by atoms with Gasteiger partial charge in [0.15, 0.2) is 6.23 Å². The number of hydrogen-bond donors (Lipinski definition) is 3. The van der Waals surface area contributed by atoms with Gasteiger partial charge < -0.3 is 14.9 Å². The molecule has 2 rings (SSSR count). The van der Waals surface area contributed by atoms with Crippen LogP contribution in [0.4, 0.5) is 0 Å². The monoisotopic (exact) mass is 268 g/mol. The molecular weight excluding hydrogens is 252 g/mol. The van der Waals surface area contributed by atoms with Crippen LogP contribution in [0.3, 0.4) is 0 Å². The summed E-state index contributed by atoms with van der Waals surface area (Å²) in [5, 5.41) is 18.9. The first-order valence-electron chi connectivity index (χ1n) is 5.97. The molecule has 1 fully saturated rings. The Bertz CT molecular complexity index is 603. The molecule has 2 heterocycles. The van der Waals surface area contributed by atoms with Crippen LogP contribution in [0.5, 0.6) is 0 Å². The minimum atomic E-state index is -1.04. The second-order valence-electron chi connectivity index (χ2n) is 4.40. The van der Waals surface area contributed by atoms with Crippen molar-refractivity contribution in [1.82, 2.24) is 9.55 Å². The maximum Gasteiger partial charge on any atom is 0.330 e. The maximum absolute atomic E-state index is 11.8. The summed E-state index contributed by atoms with van der Waals surface area (Å²) >= 11 is 0. The minimum Gasteiger partial charge on any atom is -0.394 e. The summed E-state index contributed by atoms with van der Waals surface area (Å²) in [5.74, 6) is 0. The highest BCUT2D eigenvalue weighted by molar-refractivity contribution is 5.16. The van der Waals surface area contributed by atoms with Crippen LogP contribution in [-0.2, 0) is 11.2 Å². The lowest BCUT2D eigenvalue weighted by atomic mass is 10.1. The van der Waals surface area contributed by atoms with Gasteiger partial charge in [-0.25, -0.2) is 4.79 Å². The second kappa shape index (κ2) is 5.12. The number of hydrogen-bond acceptors (Lipinski definition) is 5. The molecule has 104 valence electrons. The van der Waals surface area contributed by atoms with Crippen LogP contribution in [0.1, 0.15) is 18.7 Å². The van der Waals surface area contributed by atoms with Gasteiger partial charge in [0.1, 0.15) is 12.2 Å². The first kappa shape index (κ1) is 13.7. The molecule has 0 aromatic carbocycles. The molecule has 0 saturated carbocycles. The van der Waals surface area contributed by atoms with E-state index in [1.54, 1.807) is 6.92 Å². The van der Waals surface area contributed by atoms with Gasteiger partial charge in [0.25, 0.3) is 5.56 Å². The Kier molecular flexibility index (Phi) is 3.70. The third-order valence-electron chi connectivity index (χ3n) is 3.21. The number of nitrogens with one attached hydrogen (secondary N) is 1. The lowest BCUT2D eigenvalue weighted by Crippen LogP contribution is -2.34. The highest BCUT2D eigenvalue weighted by Crippen LogP contribution is 2.31. The van der Waals surface area contributed by atoms with Crippen molar-refractivity contribution in [3.8, 4) is 0 Å². The zero-order valence-corrected chi connectivity index (χ0v) is 10.5. The molecule has 19 heavy (non-hydrogen) atoms. The van der Waals surface area contributed by atoms with Crippen LogP contribution in [0.2, 0.25) is 0 Å². The topological polar surface area (TPSA) is 105 Å². The van der Waals surface area contributed by atoms with Gasteiger partial charge in [0, 0.05) is 17.3 Å². The SMILES string of the molecule is C=C1C(O)[C@H](CO)O[C@@H]1n1cc(CC)c(=O)[nH]c1=O. The maximum atomic E-state index is 11.8. The molecular formula is C12H16N2O5. The molecule has 3 atom stereocenters. The van der Waals surface area contributed by atoms with E-state index in [1.807, 2.05) is 0 Å².